The maximum absolute atomic E-state index is 11.7. The second-order valence-electron chi connectivity index (χ2n) is 4.63. The number of carbonyl (C=O) groups excluding carboxylic acids is 1. The molecule has 0 radical (unpaired) electrons. The maximum Gasteiger partial charge on any atom is 0.323 e. The highest BCUT2D eigenvalue weighted by Gasteiger charge is 2.28. The van der Waals surface area contributed by atoms with Gasteiger partial charge in [0.25, 0.3) is 0 Å². The van der Waals surface area contributed by atoms with E-state index in [0.717, 1.165) is 26.1 Å². The number of rotatable bonds is 3. The van der Waals surface area contributed by atoms with Crippen LogP contribution in [-0.4, -0.2) is 61.1 Å². The molecular weight excluding hydrogens is 204 g/mol. The van der Waals surface area contributed by atoms with E-state index in [0.29, 0.717) is 12.6 Å². The highest BCUT2D eigenvalue weighted by Crippen LogP contribution is 2.13. The lowest BCUT2D eigenvalue weighted by atomic mass is 10.2. The quantitative estimate of drug-likeness (QED) is 0.674. The largest absolute Gasteiger partial charge is 0.465 e. The monoisotopic (exact) mass is 228 g/mol. The Kier molecular flexibility index (Phi) is 5.22. The van der Waals surface area contributed by atoms with Crippen molar-refractivity contribution in [2.75, 3.05) is 33.3 Å². The van der Waals surface area contributed by atoms with Gasteiger partial charge in [0.1, 0.15) is 6.04 Å². The molecule has 1 fully saturated rings. The Morgan fingerprint density at radius 2 is 2.19 bits per heavy atom. The summed E-state index contributed by atoms with van der Waals surface area (Å²) in [5, 5.41) is 0. The number of likely N-dealkylation sites (N-methyl/N-ethyl adjacent to an activating group) is 1. The third-order valence-corrected chi connectivity index (χ3v) is 3.22. The van der Waals surface area contributed by atoms with Gasteiger partial charge < -0.3 is 9.64 Å². The van der Waals surface area contributed by atoms with E-state index >= 15 is 0 Å². The van der Waals surface area contributed by atoms with Crippen molar-refractivity contribution in [3.05, 3.63) is 0 Å². The highest BCUT2D eigenvalue weighted by atomic mass is 16.5. The fourth-order valence-electron chi connectivity index (χ4n) is 2.36. The van der Waals surface area contributed by atoms with Gasteiger partial charge in [-0.25, -0.2) is 0 Å². The molecule has 16 heavy (non-hydrogen) atoms. The minimum atomic E-state index is -0.124. The molecule has 4 nitrogen and oxygen atoms in total. The predicted molar refractivity (Wildman–Crippen MR) is 64.4 cm³/mol. The summed E-state index contributed by atoms with van der Waals surface area (Å²) in [5.74, 6) is -0.0982. The molecule has 0 aromatic rings. The molecule has 0 aliphatic carbocycles. The van der Waals surface area contributed by atoms with E-state index in [9.17, 15) is 4.79 Å². The van der Waals surface area contributed by atoms with Crippen LogP contribution >= 0.6 is 0 Å². The van der Waals surface area contributed by atoms with Crippen molar-refractivity contribution in [2.24, 2.45) is 0 Å². The topological polar surface area (TPSA) is 32.8 Å². The molecule has 0 saturated carbocycles. The number of carbonyl (C=O) groups is 1. The third-order valence-electron chi connectivity index (χ3n) is 3.22. The summed E-state index contributed by atoms with van der Waals surface area (Å²) in [4.78, 5) is 16.3. The van der Waals surface area contributed by atoms with Crippen LogP contribution in [0.4, 0.5) is 0 Å². The number of ether oxygens (including phenoxy) is 1. The molecule has 94 valence electrons. The van der Waals surface area contributed by atoms with Gasteiger partial charge in [-0.05, 0) is 40.8 Å². The van der Waals surface area contributed by atoms with Crippen molar-refractivity contribution in [3.63, 3.8) is 0 Å². The Morgan fingerprint density at radius 1 is 1.50 bits per heavy atom. The van der Waals surface area contributed by atoms with Gasteiger partial charge in [0.15, 0.2) is 0 Å². The number of esters is 1. The molecule has 0 aromatic carbocycles. The lowest BCUT2D eigenvalue weighted by Crippen LogP contribution is -2.47. The third kappa shape index (κ3) is 3.46. The van der Waals surface area contributed by atoms with Gasteiger partial charge in [0.05, 0.1) is 6.61 Å². The van der Waals surface area contributed by atoms with Gasteiger partial charge in [0, 0.05) is 19.1 Å². The first-order chi connectivity index (χ1) is 7.56. The molecule has 0 N–H and O–H groups in total. The van der Waals surface area contributed by atoms with Crippen molar-refractivity contribution < 1.29 is 9.53 Å². The first-order valence-corrected chi connectivity index (χ1v) is 6.17. The second-order valence-corrected chi connectivity index (χ2v) is 4.63. The summed E-state index contributed by atoms with van der Waals surface area (Å²) in [7, 11) is 2.13. The summed E-state index contributed by atoms with van der Waals surface area (Å²) in [5.41, 5.74) is 0. The average molecular weight is 228 g/mol. The molecule has 1 saturated heterocycles. The minimum Gasteiger partial charge on any atom is -0.465 e. The minimum absolute atomic E-state index is 0.0982. The number of hydrogen-bond donors (Lipinski definition) is 0. The van der Waals surface area contributed by atoms with Crippen LogP contribution in [0.3, 0.4) is 0 Å². The zero-order chi connectivity index (χ0) is 12.1. The van der Waals surface area contributed by atoms with Crippen LogP contribution in [0.15, 0.2) is 0 Å². The summed E-state index contributed by atoms with van der Waals surface area (Å²) >= 11 is 0. The standard InChI is InChI=1S/C12H24N2O2/c1-5-16-12(15)11(3)14-8-6-7-13(4)9-10(14)2/h10-11H,5-9H2,1-4H3. The van der Waals surface area contributed by atoms with Gasteiger partial charge in [-0.3, -0.25) is 9.69 Å². The molecule has 0 bridgehead atoms. The Morgan fingerprint density at radius 3 is 2.81 bits per heavy atom. The van der Waals surface area contributed by atoms with Crippen LogP contribution in [0, 0.1) is 0 Å². The summed E-state index contributed by atoms with van der Waals surface area (Å²) in [6, 6.07) is 0.286. The van der Waals surface area contributed by atoms with Crippen LogP contribution < -0.4 is 0 Å². The first kappa shape index (κ1) is 13.5. The lowest BCUT2D eigenvalue weighted by molar-refractivity contribution is -0.149. The maximum atomic E-state index is 11.7. The highest BCUT2D eigenvalue weighted by molar-refractivity contribution is 5.75. The Bertz CT molecular complexity index is 233. The molecule has 1 aliphatic rings. The summed E-state index contributed by atoms with van der Waals surface area (Å²) < 4.78 is 5.08. The SMILES string of the molecule is CCOC(=O)C(C)N1CCCN(C)CC1C. The van der Waals surface area contributed by atoms with E-state index in [1.807, 2.05) is 13.8 Å². The van der Waals surface area contributed by atoms with Crippen LogP contribution in [0.5, 0.6) is 0 Å². The smallest absolute Gasteiger partial charge is 0.323 e. The average Bonchev–Trinajstić information content (AvgIpc) is 2.38. The molecule has 1 aliphatic heterocycles. The molecule has 4 heteroatoms. The molecule has 0 aromatic heterocycles. The van der Waals surface area contributed by atoms with Crippen molar-refractivity contribution in [3.8, 4) is 0 Å². The van der Waals surface area contributed by atoms with E-state index in [1.165, 1.54) is 0 Å². The molecule has 0 amide bonds. The van der Waals surface area contributed by atoms with Gasteiger partial charge in [-0.1, -0.05) is 0 Å². The van der Waals surface area contributed by atoms with Crippen LogP contribution in [-0.2, 0) is 9.53 Å². The van der Waals surface area contributed by atoms with E-state index < -0.39 is 0 Å². The van der Waals surface area contributed by atoms with E-state index in [-0.39, 0.29) is 12.0 Å². The number of nitrogens with zero attached hydrogens (tertiary/aromatic N) is 2. The van der Waals surface area contributed by atoms with Crippen LogP contribution in [0.25, 0.3) is 0 Å². The predicted octanol–water partition coefficient (Wildman–Crippen LogP) is 0.964. The number of hydrogen-bond acceptors (Lipinski definition) is 4. The van der Waals surface area contributed by atoms with E-state index in [4.69, 9.17) is 4.74 Å². The molecular formula is C12H24N2O2. The molecule has 2 unspecified atom stereocenters. The van der Waals surface area contributed by atoms with Gasteiger partial charge in [0.2, 0.25) is 0 Å². The molecule has 0 spiro atoms. The van der Waals surface area contributed by atoms with Gasteiger partial charge in [-0.2, -0.15) is 0 Å². The molecule has 2 atom stereocenters. The van der Waals surface area contributed by atoms with E-state index in [1.54, 1.807) is 0 Å². The fourth-order valence-corrected chi connectivity index (χ4v) is 2.36. The van der Waals surface area contributed by atoms with E-state index in [2.05, 4.69) is 23.8 Å². The van der Waals surface area contributed by atoms with Crippen molar-refractivity contribution >= 4 is 5.97 Å². The van der Waals surface area contributed by atoms with Crippen molar-refractivity contribution in [1.82, 2.24) is 9.80 Å². The Hall–Kier alpha value is -0.610. The second kappa shape index (κ2) is 6.21. The zero-order valence-corrected chi connectivity index (χ0v) is 10.9. The van der Waals surface area contributed by atoms with Gasteiger partial charge in [-0.15, -0.1) is 0 Å². The molecule has 1 heterocycles. The summed E-state index contributed by atoms with van der Waals surface area (Å²) in [6.45, 7) is 9.54. The van der Waals surface area contributed by atoms with Crippen molar-refractivity contribution in [1.29, 1.82) is 0 Å². The van der Waals surface area contributed by atoms with Crippen LogP contribution in [0.2, 0.25) is 0 Å². The lowest BCUT2D eigenvalue weighted by Gasteiger charge is -2.31. The Labute approximate surface area is 98.5 Å². The normalized spacial score (nSPS) is 26.1. The van der Waals surface area contributed by atoms with Crippen LogP contribution in [0.1, 0.15) is 27.2 Å². The molecule has 1 rings (SSSR count). The Balaban J connectivity index is 2.59. The first-order valence-electron chi connectivity index (χ1n) is 6.17. The fraction of sp³-hybridized carbons (Fsp3) is 0.917. The summed E-state index contributed by atoms with van der Waals surface area (Å²) in [6.07, 6.45) is 1.12. The zero-order valence-electron chi connectivity index (χ0n) is 10.9. The van der Waals surface area contributed by atoms with Crippen molar-refractivity contribution in [2.45, 2.75) is 39.3 Å². The van der Waals surface area contributed by atoms with Gasteiger partial charge >= 0.3 is 5.97 Å².